The average Bonchev–Trinajstić information content (AvgIpc) is 2.73. The smallest absolute Gasteiger partial charge is 0.161 e. The lowest BCUT2D eigenvalue weighted by atomic mass is 9.77. The molecule has 1 aromatic rings. The molecule has 3 aliphatic heterocycles. The van der Waals surface area contributed by atoms with Crippen molar-refractivity contribution < 1.29 is 9.47 Å². The summed E-state index contributed by atoms with van der Waals surface area (Å²) in [6.07, 6.45) is 9.60. The highest BCUT2D eigenvalue weighted by atomic mass is 16.5. The lowest BCUT2D eigenvalue weighted by molar-refractivity contribution is 0.0549. The molecule has 1 aromatic carbocycles. The van der Waals surface area contributed by atoms with E-state index in [2.05, 4.69) is 36.2 Å². The first-order chi connectivity index (χ1) is 13.8. The zero-order valence-electron chi connectivity index (χ0n) is 17.8. The Bertz CT molecular complexity index is 648. The monoisotopic (exact) mass is 386 g/mol. The fourth-order valence-corrected chi connectivity index (χ4v) is 5.19. The summed E-state index contributed by atoms with van der Waals surface area (Å²) in [7, 11) is 0. The van der Waals surface area contributed by atoms with Gasteiger partial charge < -0.3 is 14.8 Å². The predicted molar refractivity (Wildman–Crippen MR) is 114 cm³/mol. The van der Waals surface area contributed by atoms with Crippen LogP contribution in [0.4, 0.5) is 0 Å². The Morgan fingerprint density at radius 2 is 1.82 bits per heavy atom. The lowest BCUT2D eigenvalue weighted by Crippen LogP contribution is -2.54. The quantitative estimate of drug-likeness (QED) is 0.656. The predicted octanol–water partition coefficient (Wildman–Crippen LogP) is 4.72. The van der Waals surface area contributed by atoms with Gasteiger partial charge in [-0.2, -0.15) is 0 Å². The van der Waals surface area contributed by atoms with Crippen molar-refractivity contribution in [3.63, 3.8) is 0 Å². The molecule has 0 aromatic heterocycles. The number of hydrogen-bond acceptors (Lipinski definition) is 4. The number of unbranched alkanes of at least 4 members (excludes halogenated alkanes) is 2. The molecule has 0 amide bonds. The van der Waals surface area contributed by atoms with Crippen molar-refractivity contribution in [1.82, 2.24) is 10.2 Å². The maximum Gasteiger partial charge on any atom is 0.161 e. The van der Waals surface area contributed by atoms with E-state index >= 15 is 0 Å². The minimum absolute atomic E-state index is 0.536. The normalized spacial score (nSPS) is 26.9. The van der Waals surface area contributed by atoms with Crippen LogP contribution in [0.2, 0.25) is 0 Å². The zero-order valence-corrected chi connectivity index (χ0v) is 17.8. The molecule has 2 saturated heterocycles. The van der Waals surface area contributed by atoms with E-state index in [0.29, 0.717) is 12.1 Å². The van der Waals surface area contributed by atoms with E-state index in [-0.39, 0.29) is 0 Å². The van der Waals surface area contributed by atoms with Gasteiger partial charge in [-0.3, -0.25) is 4.90 Å². The van der Waals surface area contributed by atoms with E-state index in [1.54, 1.807) is 0 Å². The van der Waals surface area contributed by atoms with E-state index in [4.69, 9.17) is 9.47 Å². The van der Waals surface area contributed by atoms with Crippen molar-refractivity contribution >= 4 is 0 Å². The van der Waals surface area contributed by atoms with Gasteiger partial charge in [0.1, 0.15) is 0 Å². The van der Waals surface area contributed by atoms with Crippen LogP contribution in [0.5, 0.6) is 11.5 Å². The first-order valence-electron chi connectivity index (χ1n) is 11.7. The Hall–Kier alpha value is -1.26. The molecule has 0 bridgehead atoms. The van der Waals surface area contributed by atoms with Gasteiger partial charge in [0.2, 0.25) is 0 Å². The first-order valence-corrected chi connectivity index (χ1v) is 11.7. The Morgan fingerprint density at radius 1 is 1.07 bits per heavy atom. The van der Waals surface area contributed by atoms with Crippen molar-refractivity contribution in [2.24, 2.45) is 5.92 Å². The molecule has 0 aliphatic carbocycles. The van der Waals surface area contributed by atoms with Crippen molar-refractivity contribution in [3.8, 4) is 11.5 Å². The van der Waals surface area contributed by atoms with Gasteiger partial charge in [-0.05, 0) is 74.2 Å². The van der Waals surface area contributed by atoms with E-state index in [0.717, 1.165) is 62.7 Å². The molecular formula is C24H38N2O2. The summed E-state index contributed by atoms with van der Waals surface area (Å²) in [6.45, 7) is 9.61. The highest BCUT2D eigenvalue weighted by Crippen LogP contribution is 2.44. The van der Waals surface area contributed by atoms with E-state index in [9.17, 15) is 0 Å². The molecule has 3 heterocycles. The van der Waals surface area contributed by atoms with Crippen molar-refractivity contribution in [1.29, 1.82) is 0 Å². The van der Waals surface area contributed by atoms with Crippen LogP contribution in [0.3, 0.4) is 0 Å². The molecule has 2 fully saturated rings. The summed E-state index contributed by atoms with van der Waals surface area (Å²) in [5, 5.41) is 3.80. The largest absolute Gasteiger partial charge is 0.490 e. The third-order valence-corrected chi connectivity index (χ3v) is 6.86. The summed E-state index contributed by atoms with van der Waals surface area (Å²) in [4.78, 5) is 2.74. The maximum atomic E-state index is 6.20. The van der Waals surface area contributed by atoms with Crippen LogP contribution >= 0.6 is 0 Å². The highest BCUT2D eigenvalue weighted by molar-refractivity contribution is 5.50. The van der Waals surface area contributed by atoms with Crippen LogP contribution in [-0.4, -0.2) is 43.8 Å². The van der Waals surface area contributed by atoms with Gasteiger partial charge in [0, 0.05) is 25.2 Å². The molecule has 4 heteroatoms. The van der Waals surface area contributed by atoms with Gasteiger partial charge in [0.15, 0.2) is 11.5 Å². The van der Waals surface area contributed by atoms with Crippen LogP contribution in [-0.2, 0) is 6.42 Å². The Labute approximate surface area is 171 Å². The number of fused-ring (bicyclic) bond motifs is 4. The number of ether oxygens (including phenoxy) is 2. The number of nitrogens with zero attached hydrogens (tertiary/aromatic N) is 1. The number of nitrogens with one attached hydrogen (secondary N) is 1. The second-order valence-electron chi connectivity index (χ2n) is 8.86. The molecule has 0 radical (unpaired) electrons. The van der Waals surface area contributed by atoms with E-state index in [1.807, 2.05) is 0 Å². The molecule has 0 spiro atoms. The zero-order chi connectivity index (χ0) is 19.3. The standard InChI is InChI=1S/C24H38N2O2/c1-3-5-12-27-23-14-18-9-11-26-17-19-8-7-10-25-21(19)16-22(26)20(18)15-24(23)28-13-6-4-2/h14-15,19,21-22,25H,3-13,16-17H2,1-2H3. The second-order valence-corrected chi connectivity index (χ2v) is 8.86. The van der Waals surface area contributed by atoms with E-state index < -0.39 is 0 Å². The Morgan fingerprint density at radius 3 is 2.57 bits per heavy atom. The van der Waals surface area contributed by atoms with Gasteiger partial charge in [0.25, 0.3) is 0 Å². The molecule has 28 heavy (non-hydrogen) atoms. The summed E-state index contributed by atoms with van der Waals surface area (Å²) in [5.74, 6) is 2.76. The fraction of sp³-hybridized carbons (Fsp3) is 0.750. The molecule has 156 valence electrons. The van der Waals surface area contributed by atoms with Crippen LogP contribution in [0.1, 0.15) is 76.0 Å². The Kier molecular flexibility index (Phi) is 6.79. The lowest BCUT2D eigenvalue weighted by Gasteiger charge is -2.49. The van der Waals surface area contributed by atoms with Crippen LogP contribution in [0.25, 0.3) is 0 Å². The molecule has 3 unspecified atom stereocenters. The third kappa shape index (κ3) is 4.33. The molecular weight excluding hydrogens is 348 g/mol. The summed E-state index contributed by atoms with van der Waals surface area (Å²) >= 11 is 0. The first kappa shape index (κ1) is 20.0. The third-order valence-electron chi connectivity index (χ3n) is 6.86. The molecule has 1 N–H and O–H groups in total. The van der Waals surface area contributed by atoms with Gasteiger partial charge in [-0.15, -0.1) is 0 Å². The maximum absolute atomic E-state index is 6.20. The molecule has 4 rings (SSSR count). The van der Waals surface area contributed by atoms with Crippen molar-refractivity contribution in [2.75, 3.05) is 32.8 Å². The average molecular weight is 387 g/mol. The van der Waals surface area contributed by atoms with Gasteiger partial charge >= 0.3 is 0 Å². The fourth-order valence-electron chi connectivity index (χ4n) is 5.19. The van der Waals surface area contributed by atoms with Gasteiger partial charge in [0.05, 0.1) is 13.2 Å². The van der Waals surface area contributed by atoms with E-state index in [1.165, 1.54) is 50.0 Å². The SMILES string of the molecule is CCCCOc1cc2c(cc1OCCCC)C1CC3NCCCC3CN1CC2. The topological polar surface area (TPSA) is 33.7 Å². The molecule has 4 nitrogen and oxygen atoms in total. The molecule has 0 saturated carbocycles. The van der Waals surface area contributed by atoms with Crippen LogP contribution in [0.15, 0.2) is 12.1 Å². The second kappa shape index (κ2) is 9.49. The van der Waals surface area contributed by atoms with Crippen LogP contribution in [0, 0.1) is 5.92 Å². The number of piperidine rings is 2. The molecule has 3 atom stereocenters. The summed E-state index contributed by atoms with van der Waals surface area (Å²) < 4.78 is 12.3. The van der Waals surface area contributed by atoms with Gasteiger partial charge in [-0.25, -0.2) is 0 Å². The Balaban J connectivity index is 1.57. The molecule has 3 aliphatic rings. The minimum atomic E-state index is 0.536. The number of benzene rings is 1. The van der Waals surface area contributed by atoms with Crippen LogP contribution < -0.4 is 14.8 Å². The van der Waals surface area contributed by atoms with Gasteiger partial charge in [-0.1, -0.05) is 26.7 Å². The van der Waals surface area contributed by atoms with Crippen molar-refractivity contribution in [2.45, 2.75) is 77.3 Å². The van der Waals surface area contributed by atoms with Crippen molar-refractivity contribution in [3.05, 3.63) is 23.3 Å². The summed E-state index contributed by atoms with van der Waals surface area (Å²) in [5.41, 5.74) is 2.97. The number of rotatable bonds is 8. The number of hydrogen-bond donors (Lipinski definition) is 1. The minimum Gasteiger partial charge on any atom is -0.490 e. The highest BCUT2D eigenvalue weighted by Gasteiger charge is 2.40. The summed E-state index contributed by atoms with van der Waals surface area (Å²) in [6, 6.07) is 5.84.